The number of halogens is 1. The summed E-state index contributed by atoms with van der Waals surface area (Å²) in [7, 11) is 0. The lowest BCUT2D eigenvalue weighted by Gasteiger charge is -2.09. The normalized spacial score (nSPS) is 11.1. The van der Waals surface area contributed by atoms with Gasteiger partial charge in [0.05, 0.1) is 36.4 Å². The highest BCUT2D eigenvalue weighted by molar-refractivity contribution is 7.99. The maximum absolute atomic E-state index is 13.0. The smallest absolute Gasteiger partial charge is 0.340 e. The van der Waals surface area contributed by atoms with E-state index in [1.165, 1.54) is 11.8 Å². The molecule has 0 atom stereocenters. The Balaban J connectivity index is 1.58. The van der Waals surface area contributed by atoms with Crippen LogP contribution in [0.15, 0.2) is 52.2 Å². The molecule has 0 fully saturated rings. The highest BCUT2D eigenvalue weighted by atomic mass is 35.5. The number of nitrogens with one attached hydrogen (secondary N) is 1. The fraction of sp³-hybridized carbons (Fsp3) is 0.250. The van der Waals surface area contributed by atoms with Crippen molar-refractivity contribution in [3.05, 3.63) is 76.0 Å². The number of esters is 1. The Morgan fingerprint density at radius 3 is 2.62 bits per heavy atom. The van der Waals surface area contributed by atoms with Gasteiger partial charge in [-0.25, -0.2) is 4.79 Å². The summed E-state index contributed by atoms with van der Waals surface area (Å²) in [5.41, 5.74) is 2.83. The van der Waals surface area contributed by atoms with Gasteiger partial charge >= 0.3 is 5.97 Å². The Labute approximate surface area is 205 Å². The lowest BCUT2D eigenvalue weighted by Crippen LogP contribution is -2.09. The van der Waals surface area contributed by atoms with Crippen molar-refractivity contribution in [3.63, 3.8) is 0 Å². The van der Waals surface area contributed by atoms with E-state index in [0.29, 0.717) is 45.1 Å². The Morgan fingerprint density at radius 2 is 1.94 bits per heavy atom. The number of aromatic nitrogens is 4. The zero-order chi connectivity index (χ0) is 24.2. The molecule has 3 aromatic heterocycles. The van der Waals surface area contributed by atoms with Crippen molar-refractivity contribution in [2.24, 2.45) is 0 Å². The second-order valence-corrected chi connectivity index (χ2v) is 8.91. The quantitative estimate of drug-likeness (QED) is 0.189. The predicted molar refractivity (Wildman–Crippen MR) is 130 cm³/mol. The second kappa shape index (κ2) is 10.3. The minimum atomic E-state index is -0.439. The van der Waals surface area contributed by atoms with Gasteiger partial charge in [0.15, 0.2) is 16.8 Å². The summed E-state index contributed by atoms with van der Waals surface area (Å²) in [6, 6.07) is 11.0. The van der Waals surface area contributed by atoms with Crippen LogP contribution in [-0.4, -0.2) is 43.9 Å². The summed E-state index contributed by atoms with van der Waals surface area (Å²) < 4.78 is 12.5. The number of nitrogens with zero attached hydrogens (tertiary/aromatic N) is 3. The third-order valence-corrected chi connectivity index (χ3v) is 6.46. The highest BCUT2D eigenvalue weighted by Crippen LogP contribution is 2.28. The number of aryl methyl sites for hydroxylation is 1. The van der Waals surface area contributed by atoms with E-state index in [9.17, 15) is 9.59 Å². The van der Waals surface area contributed by atoms with Gasteiger partial charge in [-0.05, 0) is 62.7 Å². The number of ether oxygens (including phenoxy) is 1. The molecule has 0 aliphatic heterocycles. The lowest BCUT2D eigenvalue weighted by atomic mass is 10.1. The number of ketones is 1. The van der Waals surface area contributed by atoms with Gasteiger partial charge in [-0.1, -0.05) is 23.4 Å². The monoisotopic (exact) mass is 498 g/mol. The van der Waals surface area contributed by atoms with E-state index >= 15 is 0 Å². The minimum absolute atomic E-state index is 0.111. The number of carbonyl (C=O) groups excluding carboxylic acids is 2. The molecule has 3 heterocycles. The fourth-order valence-corrected chi connectivity index (χ4v) is 4.59. The Hall–Kier alpha value is -3.30. The van der Waals surface area contributed by atoms with Crippen LogP contribution in [0, 0.1) is 13.8 Å². The molecule has 0 radical (unpaired) electrons. The van der Waals surface area contributed by atoms with Crippen LogP contribution in [0.1, 0.15) is 44.8 Å². The first-order valence-corrected chi connectivity index (χ1v) is 12.0. The van der Waals surface area contributed by atoms with Gasteiger partial charge in [0, 0.05) is 16.3 Å². The molecular weight excluding hydrogens is 476 g/mol. The first kappa shape index (κ1) is 23.8. The predicted octanol–water partition coefficient (Wildman–Crippen LogP) is 5.34. The van der Waals surface area contributed by atoms with Crippen LogP contribution in [0.5, 0.6) is 0 Å². The molecule has 1 aromatic carbocycles. The van der Waals surface area contributed by atoms with Crippen molar-refractivity contribution < 1.29 is 18.7 Å². The molecule has 0 aliphatic rings. The number of hydrogen-bond acceptors (Lipinski definition) is 7. The van der Waals surface area contributed by atoms with Crippen LogP contribution >= 0.6 is 23.4 Å². The summed E-state index contributed by atoms with van der Waals surface area (Å²) >= 11 is 7.30. The number of Topliss-reactive ketones (excluding diaryl/α,β-unsaturated/α-hetero) is 1. The molecular formula is C24H23ClN4O4S. The Kier molecular flexibility index (Phi) is 7.23. The molecule has 4 aromatic rings. The third-order valence-electron chi connectivity index (χ3n) is 5.24. The number of hydrogen-bond donors (Lipinski definition) is 1. The van der Waals surface area contributed by atoms with E-state index in [4.69, 9.17) is 20.8 Å². The molecule has 1 N–H and O–H groups in total. The number of furan rings is 1. The summed E-state index contributed by atoms with van der Waals surface area (Å²) in [6.45, 7) is 5.91. The molecule has 0 saturated carbocycles. The van der Waals surface area contributed by atoms with E-state index in [1.807, 2.05) is 28.8 Å². The van der Waals surface area contributed by atoms with E-state index in [2.05, 4.69) is 15.2 Å². The van der Waals surface area contributed by atoms with Crippen LogP contribution < -0.4 is 0 Å². The van der Waals surface area contributed by atoms with Crippen LogP contribution in [0.4, 0.5) is 0 Å². The molecule has 0 saturated heterocycles. The Morgan fingerprint density at radius 1 is 1.18 bits per heavy atom. The number of rotatable bonds is 9. The van der Waals surface area contributed by atoms with Crippen molar-refractivity contribution >= 4 is 35.1 Å². The summed E-state index contributed by atoms with van der Waals surface area (Å²) in [5.74, 6) is 0.894. The second-order valence-electron chi connectivity index (χ2n) is 7.54. The average Bonchev–Trinajstić information content (AvgIpc) is 3.53. The molecule has 34 heavy (non-hydrogen) atoms. The fourth-order valence-electron chi connectivity index (χ4n) is 3.65. The maximum Gasteiger partial charge on any atom is 0.340 e. The molecule has 0 amide bonds. The summed E-state index contributed by atoms with van der Waals surface area (Å²) in [6.07, 6.45) is 1.61. The molecule has 0 aliphatic carbocycles. The van der Waals surface area contributed by atoms with Crippen LogP contribution in [-0.2, 0) is 11.3 Å². The van der Waals surface area contributed by atoms with Crippen LogP contribution in [0.2, 0.25) is 5.02 Å². The van der Waals surface area contributed by atoms with Crippen LogP contribution in [0.25, 0.3) is 11.4 Å². The first-order valence-electron chi connectivity index (χ1n) is 10.6. The maximum atomic E-state index is 13.0. The standard InChI is InChI=1S/C24H23ClN4O4S/c1-4-32-23(31)20-14(2)21(26-15(20)3)19(30)13-34-24-28-27-22(16-7-9-17(25)10-8-16)29(24)12-18-6-5-11-33-18/h5-11,26H,4,12-13H2,1-3H3. The van der Waals surface area contributed by atoms with E-state index in [-0.39, 0.29) is 18.1 Å². The molecule has 0 bridgehead atoms. The molecule has 0 spiro atoms. The Bertz CT molecular complexity index is 1310. The number of carbonyl (C=O) groups is 2. The molecule has 0 unspecified atom stereocenters. The van der Waals surface area contributed by atoms with Gasteiger partial charge in [0.25, 0.3) is 0 Å². The van der Waals surface area contributed by atoms with Crippen LogP contribution in [0.3, 0.4) is 0 Å². The van der Waals surface area contributed by atoms with Crippen molar-refractivity contribution in [1.82, 2.24) is 19.7 Å². The van der Waals surface area contributed by atoms with Crippen molar-refractivity contribution in [2.45, 2.75) is 32.5 Å². The van der Waals surface area contributed by atoms with Gasteiger partial charge in [0.2, 0.25) is 0 Å². The average molecular weight is 499 g/mol. The highest BCUT2D eigenvalue weighted by Gasteiger charge is 2.24. The van der Waals surface area contributed by atoms with Gasteiger partial charge in [-0.3, -0.25) is 9.36 Å². The number of aromatic amines is 1. The molecule has 176 valence electrons. The van der Waals surface area contributed by atoms with Gasteiger partial charge in [-0.15, -0.1) is 10.2 Å². The first-order chi connectivity index (χ1) is 16.4. The van der Waals surface area contributed by atoms with E-state index < -0.39 is 5.97 Å². The summed E-state index contributed by atoms with van der Waals surface area (Å²) in [4.78, 5) is 28.3. The SMILES string of the molecule is CCOC(=O)c1c(C)[nH]c(C(=O)CSc2nnc(-c3ccc(Cl)cc3)n2Cc2ccco2)c1C. The zero-order valence-corrected chi connectivity index (χ0v) is 20.5. The summed E-state index contributed by atoms with van der Waals surface area (Å²) in [5, 5.41) is 9.87. The van der Waals surface area contributed by atoms with Gasteiger partial charge in [-0.2, -0.15) is 0 Å². The molecule has 4 rings (SSSR count). The van der Waals surface area contributed by atoms with E-state index in [1.54, 1.807) is 39.2 Å². The van der Waals surface area contributed by atoms with E-state index in [0.717, 1.165) is 11.3 Å². The lowest BCUT2D eigenvalue weighted by molar-refractivity contribution is 0.0525. The third kappa shape index (κ3) is 4.95. The largest absolute Gasteiger partial charge is 0.467 e. The molecule has 8 nitrogen and oxygen atoms in total. The van der Waals surface area contributed by atoms with Gasteiger partial charge in [0.1, 0.15) is 5.76 Å². The number of benzene rings is 1. The van der Waals surface area contributed by atoms with Crippen molar-refractivity contribution in [1.29, 1.82) is 0 Å². The number of thioether (sulfide) groups is 1. The number of H-pyrrole nitrogens is 1. The van der Waals surface area contributed by atoms with Crippen molar-refractivity contribution in [2.75, 3.05) is 12.4 Å². The zero-order valence-electron chi connectivity index (χ0n) is 18.9. The minimum Gasteiger partial charge on any atom is -0.467 e. The molecule has 10 heteroatoms. The topological polar surface area (TPSA) is 103 Å². The van der Waals surface area contributed by atoms with Crippen molar-refractivity contribution in [3.8, 4) is 11.4 Å². The van der Waals surface area contributed by atoms with Gasteiger partial charge < -0.3 is 14.1 Å².